The molecule has 2 aliphatic carbocycles. The van der Waals surface area contributed by atoms with Crippen molar-refractivity contribution in [1.82, 2.24) is 0 Å². The van der Waals surface area contributed by atoms with Crippen molar-refractivity contribution in [2.45, 2.75) is 103 Å². The van der Waals surface area contributed by atoms with E-state index in [4.69, 9.17) is 0 Å². The van der Waals surface area contributed by atoms with Crippen LogP contribution in [0.15, 0.2) is 0 Å². The molecule has 0 bridgehead atoms. The van der Waals surface area contributed by atoms with Crippen molar-refractivity contribution < 1.29 is 0 Å². The maximum absolute atomic E-state index is 2.51. The monoisotopic (exact) mass is 277 g/mol. The van der Waals surface area contributed by atoms with Crippen LogP contribution >= 0.6 is 0 Å². The maximum atomic E-state index is 2.51. The Bertz CT molecular complexity index is 218. The molecule has 2 saturated carbocycles. The normalized spacial score (nSPS) is 28.6. The first-order chi connectivity index (χ1) is 9.90. The van der Waals surface area contributed by atoms with Crippen LogP contribution in [0.4, 0.5) is 0 Å². The topological polar surface area (TPSA) is 0 Å². The average Bonchev–Trinajstić information content (AvgIpc) is 2.52. The van der Waals surface area contributed by atoms with Crippen LogP contribution in [0.25, 0.3) is 0 Å². The van der Waals surface area contributed by atoms with Crippen molar-refractivity contribution >= 4 is 0 Å². The fourth-order valence-electron chi connectivity index (χ4n) is 4.59. The van der Waals surface area contributed by atoms with Crippen LogP contribution in [0, 0.1) is 24.2 Å². The molecule has 117 valence electrons. The fraction of sp³-hybridized carbons (Fsp3) is 0.950. The standard InChI is InChI=1S/C20H37/c1-2-3-4-5-6-8-11-18-14-16-20(17-15-18)19-12-9-7-10-13-19/h7,18-20H,2-6,8-17H2,1H3. The highest BCUT2D eigenvalue weighted by Gasteiger charge is 2.28. The first-order valence-corrected chi connectivity index (χ1v) is 9.71. The lowest BCUT2D eigenvalue weighted by atomic mass is 9.70. The van der Waals surface area contributed by atoms with Crippen molar-refractivity contribution in [3.8, 4) is 0 Å². The Morgan fingerprint density at radius 2 is 1.30 bits per heavy atom. The van der Waals surface area contributed by atoms with Gasteiger partial charge in [-0.05, 0) is 62.7 Å². The van der Waals surface area contributed by atoms with E-state index < -0.39 is 0 Å². The minimum absolute atomic E-state index is 1.09. The average molecular weight is 278 g/mol. The fourth-order valence-corrected chi connectivity index (χ4v) is 4.59. The van der Waals surface area contributed by atoms with Gasteiger partial charge in [0.15, 0.2) is 0 Å². The molecule has 0 heteroatoms. The third-order valence-corrected chi connectivity index (χ3v) is 6.01. The van der Waals surface area contributed by atoms with Gasteiger partial charge in [-0.25, -0.2) is 0 Å². The van der Waals surface area contributed by atoms with Crippen molar-refractivity contribution in [2.75, 3.05) is 0 Å². The van der Waals surface area contributed by atoms with Gasteiger partial charge < -0.3 is 0 Å². The maximum Gasteiger partial charge on any atom is -0.0386 e. The highest BCUT2D eigenvalue weighted by atomic mass is 14.3. The van der Waals surface area contributed by atoms with Crippen LogP contribution in [-0.2, 0) is 0 Å². The second kappa shape index (κ2) is 9.85. The summed E-state index contributed by atoms with van der Waals surface area (Å²) in [6, 6.07) is 0. The first-order valence-electron chi connectivity index (χ1n) is 9.71. The summed E-state index contributed by atoms with van der Waals surface area (Å²) in [5.74, 6) is 3.28. The highest BCUT2D eigenvalue weighted by Crippen LogP contribution is 2.40. The van der Waals surface area contributed by atoms with E-state index in [1.807, 2.05) is 0 Å². The molecule has 20 heavy (non-hydrogen) atoms. The van der Waals surface area contributed by atoms with Gasteiger partial charge in [-0.15, -0.1) is 0 Å². The summed E-state index contributed by atoms with van der Waals surface area (Å²) in [7, 11) is 0. The molecular formula is C20H37. The van der Waals surface area contributed by atoms with Crippen LogP contribution < -0.4 is 0 Å². The molecule has 0 amide bonds. The molecule has 0 aromatic heterocycles. The smallest absolute Gasteiger partial charge is 0.0386 e. The molecule has 0 nitrogen and oxygen atoms in total. The predicted molar refractivity (Wildman–Crippen MR) is 89.7 cm³/mol. The summed E-state index contributed by atoms with van der Waals surface area (Å²) < 4.78 is 0. The van der Waals surface area contributed by atoms with Gasteiger partial charge in [0.2, 0.25) is 0 Å². The van der Waals surface area contributed by atoms with Crippen molar-refractivity contribution in [3.05, 3.63) is 6.42 Å². The minimum Gasteiger partial charge on any atom is -0.0654 e. The largest absolute Gasteiger partial charge is 0.0654 e. The number of unbranched alkanes of at least 4 members (excludes halogenated alkanes) is 5. The van der Waals surface area contributed by atoms with Gasteiger partial charge in [-0.1, -0.05) is 64.7 Å². The molecule has 0 spiro atoms. The summed E-state index contributed by atoms with van der Waals surface area (Å²) in [5, 5.41) is 0. The molecule has 0 unspecified atom stereocenters. The van der Waals surface area contributed by atoms with E-state index in [1.165, 1.54) is 70.6 Å². The molecule has 2 aliphatic rings. The lowest BCUT2D eigenvalue weighted by Gasteiger charge is -2.35. The zero-order valence-corrected chi connectivity index (χ0v) is 13.9. The molecule has 2 rings (SSSR count). The molecule has 2 fully saturated rings. The first kappa shape index (κ1) is 16.4. The van der Waals surface area contributed by atoms with Crippen LogP contribution in [0.1, 0.15) is 103 Å². The van der Waals surface area contributed by atoms with Crippen LogP contribution in [0.3, 0.4) is 0 Å². The quantitative estimate of drug-likeness (QED) is 0.422. The Hall–Kier alpha value is 0. The molecular weight excluding hydrogens is 240 g/mol. The van der Waals surface area contributed by atoms with Crippen molar-refractivity contribution in [2.24, 2.45) is 17.8 Å². The van der Waals surface area contributed by atoms with E-state index in [1.54, 1.807) is 25.7 Å². The summed E-state index contributed by atoms with van der Waals surface area (Å²) in [5.41, 5.74) is 0. The molecule has 0 aromatic rings. The lowest BCUT2D eigenvalue weighted by Crippen LogP contribution is -2.23. The van der Waals surface area contributed by atoms with E-state index in [0.717, 1.165) is 17.8 Å². The van der Waals surface area contributed by atoms with Crippen molar-refractivity contribution in [3.63, 3.8) is 0 Å². The second-order valence-electron chi connectivity index (χ2n) is 7.54. The van der Waals surface area contributed by atoms with Gasteiger partial charge in [0.05, 0.1) is 0 Å². The third kappa shape index (κ3) is 5.78. The Balaban J connectivity index is 1.50. The number of rotatable bonds is 8. The van der Waals surface area contributed by atoms with E-state index in [0.29, 0.717) is 0 Å². The molecule has 0 aromatic carbocycles. The SMILES string of the molecule is CCCCCCCCC1CCC(C2CC[CH]CC2)CC1. The number of hydrogen-bond donors (Lipinski definition) is 0. The van der Waals surface area contributed by atoms with Gasteiger partial charge in [0.25, 0.3) is 0 Å². The summed E-state index contributed by atoms with van der Waals surface area (Å²) >= 11 is 0. The van der Waals surface area contributed by atoms with E-state index >= 15 is 0 Å². The van der Waals surface area contributed by atoms with Crippen LogP contribution in [0.5, 0.6) is 0 Å². The zero-order valence-electron chi connectivity index (χ0n) is 13.9. The molecule has 0 heterocycles. The Kier molecular flexibility index (Phi) is 8.06. The van der Waals surface area contributed by atoms with Gasteiger partial charge in [0.1, 0.15) is 0 Å². The van der Waals surface area contributed by atoms with Crippen LogP contribution in [0.2, 0.25) is 0 Å². The second-order valence-corrected chi connectivity index (χ2v) is 7.54. The minimum atomic E-state index is 1.09. The summed E-state index contributed by atoms with van der Waals surface area (Å²) in [6.45, 7) is 2.31. The molecule has 0 N–H and O–H groups in total. The molecule has 1 radical (unpaired) electrons. The van der Waals surface area contributed by atoms with E-state index in [2.05, 4.69) is 13.3 Å². The van der Waals surface area contributed by atoms with Gasteiger partial charge in [-0.2, -0.15) is 0 Å². The summed E-state index contributed by atoms with van der Waals surface area (Å²) in [6.07, 6.45) is 24.9. The summed E-state index contributed by atoms with van der Waals surface area (Å²) in [4.78, 5) is 0. The third-order valence-electron chi connectivity index (χ3n) is 6.01. The zero-order chi connectivity index (χ0) is 14.0. The Morgan fingerprint density at radius 3 is 2.00 bits per heavy atom. The molecule has 0 saturated heterocycles. The predicted octanol–water partition coefficient (Wildman–Crippen LogP) is 6.94. The number of hydrogen-bond acceptors (Lipinski definition) is 0. The Labute approximate surface area is 128 Å². The molecule has 0 aliphatic heterocycles. The lowest BCUT2D eigenvalue weighted by molar-refractivity contribution is 0.171. The highest BCUT2D eigenvalue weighted by molar-refractivity contribution is 4.84. The van der Waals surface area contributed by atoms with Gasteiger partial charge >= 0.3 is 0 Å². The van der Waals surface area contributed by atoms with Gasteiger partial charge in [-0.3, -0.25) is 0 Å². The van der Waals surface area contributed by atoms with E-state index in [9.17, 15) is 0 Å². The molecule has 0 atom stereocenters. The van der Waals surface area contributed by atoms with Crippen LogP contribution in [-0.4, -0.2) is 0 Å². The van der Waals surface area contributed by atoms with E-state index in [-0.39, 0.29) is 0 Å². The Morgan fingerprint density at radius 1 is 0.700 bits per heavy atom. The van der Waals surface area contributed by atoms with Crippen molar-refractivity contribution in [1.29, 1.82) is 0 Å². The van der Waals surface area contributed by atoms with Gasteiger partial charge in [0, 0.05) is 0 Å².